The number of rotatable bonds is 8. The summed E-state index contributed by atoms with van der Waals surface area (Å²) in [6.45, 7) is 0.334. The largest absolute Gasteiger partial charge is 0.337 e. The maximum absolute atomic E-state index is 14.0. The smallest absolute Gasteiger partial charge is 0.241 e. The number of amides is 1. The third-order valence-electron chi connectivity index (χ3n) is 8.00. The Labute approximate surface area is 239 Å². The van der Waals surface area contributed by atoms with Crippen LogP contribution in [0.3, 0.4) is 0 Å². The van der Waals surface area contributed by atoms with Crippen molar-refractivity contribution in [1.29, 1.82) is 0 Å². The molecule has 1 saturated carbocycles. The van der Waals surface area contributed by atoms with Crippen molar-refractivity contribution in [3.63, 3.8) is 0 Å². The fourth-order valence-electron chi connectivity index (χ4n) is 5.67. The molecule has 0 saturated heterocycles. The fraction of sp³-hybridized carbons (Fsp3) is 0.290. The summed E-state index contributed by atoms with van der Waals surface area (Å²) in [7, 11) is -1.84. The number of aryl methyl sites for hydroxylation is 2. The van der Waals surface area contributed by atoms with E-state index in [0.29, 0.717) is 18.0 Å². The highest BCUT2D eigenvalue weighted by atomic mass is 35.5. The molecular weight excluding hydrogens is 544 g/mol. The number of carbonyl (C=O) groups excluding carboxylic acids is 1. The molecule has 3 atom stereocenters. The molecule has 9 heteroatoms. The number of carbonyl (C=O) groups is 1. The SMILES string of the molecule is Cn1ccnc1CN(C(=O)C1CC1c1ccccc1)c1ccc2c(c1)C(NS(=O)(=O)c1ccc(Cl)cc1)CCC2. The average molecular weight is 575 g/mol. The molecule has 4 aromatic rings. The Morgan fingerprint density at radius 1 is 1.10 bits per heavy atom. The lowest BCUT2D eigenvalue weighted by Crippen LogP contribution is -2.34. The van der Waals surface area contributed by atoms with Crippen LogP contribution in [0.4, 0.5) is 5.69 Å². The lowest BCUT2D eigenvalue weighted by molar-refractivity contribution is -0.120. The number of halogens is 1. The van der Waals surface area contributed by atoms with Gasteiger partial charge in [0.25, 0.3) is 0 Å². The molecule has 0 bridgehead atoms. The molecule has 3 aromatic carbocycles. The Hall–Kier alpha value is -3.46. The molecule has 2 aliphatic carbocycles. The Morgan fingerprint density at radius 2 is 1.88 bits per heavy atom. The second kappa shape index (κ2) is 10.8. The first-order valence-electron chi connectivity index (χ1n) is 13.5. The van der Waals surface area contributed by atoms with Crippen molar-refractivity contribution >= 4 is 33.2 Å². The van der Waals surface area contributed by atoms with Crippen LogP contribution in [0, 0.1) is 5.92 Å². The van der Waals surface area contributed by atoms with Gasteiger partial charge >= 0.3 is 0 Å². The van der Waals surface area contributed by atoms with Crippen molar-refractivity contribution < 1.29 is 13.2 Å². The summed E-state index contributed by atoms with van der Waals surface area (Å²) in [5.41, 5.74) is 3.94. The minimum Gasteiger partial charge on any atom is -0.337 e. The molecule has 206 valence electrons. The normalized spacial score (nSPS) is 20.1. The number of nitrogens with zero attached hydrogens (tertiary/aromatic N) is 3. The van der Waals surface area contributed by atoms with Crippen molar-refractivity contribution in [2.24, 2.45) is 13.0 Å². The second-order valence-corrected chi connectivity index (χ2v) is 12.8. The van der Waals surface area contributed by atoms with E-state index in [4.69, 9.17) is 11.6 Å². The highest BCUT2D eigenvalue weighted by molar-refractivity contribution is 7.89. The standard InChI is InChI=1S/C31H31ClN4O3S/c1-35-17-16-33-30(35)20-36(31(37)28-19-26(28)21-6-3-2-4-7-21)24-13-10-22-8-5-9-29(27(22)18-24)34-40(38,39)25-14-11-23(32)12-15-25/h2-4,6-7,10-18,26,28-29,34H,5,8-9,19-20H2,1H3. The van der Waals surface area contributed by atoms with E-state index in [-0.39, 0.29) is 22.6 Å². The molecule has 40 heavy (non-hydrogen) atoms. The van der Waals surface area contributed by atoms with Crippen molar-refractivity contribution in [2.45, 2.75) is 49.1 Å². The molecule has 1 heterocycles. The minimum absolute atomic E-state index is 0.0610. The zero-order valence-corrected chi connectivity index (χ0v) is 23.8. The lowest BCUT2D eigenvalue weighted by Gasteiger charge is -2.29. The molecule has 0 spiro atoms. The molecular formula is C31H31ClN4O3S. The van der Waals surface area contributed by atoms with Crippen LogP contribution in [-0.4, -0.2) is 23.9 Å². The maximum atomic E-state index is 14.0. The van der Waals surface area contributed by atoms with E-state index in [9.17, 15) is 13.2 Å². The summed E-state index contributed by atoms with van der Waals surface area (Å²) in [5, 5.41) is 0.481. The van der Waals surface area contributed by atoms with Crippen LogP contribution in [0.25, 0.3) is 0 Å². The second-order valence-electron chi connectivity index (χ2n) is 10.6. The predicted molar refractivity (Wildman–Crippen MR) is 156 cm³/mol. The van der Waals surface area contributed by atoms with Crippen molar-refractivity contribution in [3.8, 4) is 0 Å². The highest BCUT2D eigenvalue weighted by Crippen LogP contribution is 2.49. The van der Waals surface area contributed by atoms with Crippen LogP contribution in [-0.2, 0) is 34.8 Å². The number of benzene rings is 3. The molecule has 1 fully saturated rings. The van der Waals surface area contributed by atoms with E-state index in [1.807, 2.05) is 59.1 Å². The van der Waals surface area contributed by atoms with E-state index in [0.717, 1.165) is 41.9 Å². The summed E-state index contributed by atoms with van der Waals surface area (Å²) in [6, 6.07) is 21.9. The predicted octanol–water partition coefficient (Wildman–Crippen LogP) is 5.77. The number of hydrogen-bond donors (Lipinski definition) is 1. The minimum atomic E-state index is -3.76. The van der Waals surface area contributed by atoms with Crippen LogP contribution < -0.4 is 9.62 Å². The van der Waals surface area contributed by atoms with Gasteiger partial charge in [0.1, 0.15) is 5.82 Å². The molecule has 6 rings (SSSR count). The first kappa shape index (κ1) is 26.7. The monoisotopic (exact) mass is 574 g/mol. The van der Waals surface area contributed by atoms with Crippen LogP contribution in [0.2, 0.25) is 5.02 Å². The Kier molecular flexibility index (Phi) is 7.25. The number of anilines is 1. The molecule has 3 unspecified atom stereocenters. The van der Waals surface area contributed by atoms with Gasteiger partial charge < -0.3 is 9.47 Å². The average Bonchev–Trinajstić information content (AvgIpc) is 3.66. The molecule has 0 radical (unpaired) electrons. The first-order valence-corrected chi connectivity index (χ1v) is 15.4. The van der Waals surface area contributed by atoms with E-state index < -0.39 is 16.1 Å². The third-order valence-corrected chi connectivity index (χ3v) is 9.74. The molecule has 1 aromatic heterocycles. The fourth-order valence-corrected chi connectivity index (χ4v) is 7.05. The lowest BCUT2D eigenvalue weighted by atomic mass is 9.87. The Bertz CT molecular complexity index is 1640. The number of sulfonamides is 1. The number of nitrogens with one attached hydrogen (secondary N) is 1. The zero-order valence-electron chi connectivity index (χ0n) is 22.2. The quantitative estimate of drug-likeness (QED) is 0.290. The summed E-state index contributed by atoms with van der Waals surface area (Å²) >= 11 is 5.97. The molecule has 1 N–H and O–H groups in total. The van der Waals surface area contributed by atoms with Gasteiger partial charge in [-0.3, -0.25) is 4.79 Å². The summed E-state index contributed by atoms with van der Waals surface area (Å²) in [5.74, 6) is 0.945. The number of aromatic nitrogens is 2. The van der Waals surface area contributed by atoms with E-state index in [1.54, 1.807) is 18.3 Å². The van der Waals surface area contributed by atoms with E-state index in [1.165, 1.54) is 17.7 Å². The number of fused-ring (bicyclic) bond motifs is 1. The highest BCUT2D eigenvalue weighted by Gasteiger charge is 2.46. The van der Waals surface area contributed by atoms with Crippen LogP contribution in [0.1, 0.15) is 53.7 Å². The van der Waals surface area contributed by atoms with Gasteiger partial charge in [-0.15, -0.1) is 0 Å². The van der Waals surface area contributed by atoms with Gasteiger partial charge in [0.05, 0.1) is 11.4 Å². The third kappa shape index (κ3) is 5.44. The van der Waals surface area contributed by atoms with E-state index >= 15 is 0 Å². The van der Waals surface area contributed by atoms with Crippen molar-refractivity contribution in [2.75, 3.05) is 4.90 Å². The molecule has 1 amide bonds. The first-order chi connectivity index (χ1) is 19.3. The van der Waals surface area contributed by atoms with Gasteiger partial charge in [0, 0.05) is 42.1 Å². The topological polar surface area (TPSA) is 84.3 Å². The van der Waals surface area contributed by atoms with Gasteiger partial charge in [-0.2, -0.15) is 0 Å². The number of imidazole rings is 1. The van der Waals surface area contributed by atoms with Crippen LogP contribution >= 0.6 is 11.6 Å². The molecule has 7 nitrogen and oxygen atoms in total. The summed E-state index contributed by atoms with van der Waals surface area (Å²) in [6.07, 6.45) is 6.83. The van der Waals surface area contributed by atoms with Crippen molar-refractivity contribution in [1.82, 2.24) is 14.3 Å². The van der Waals surface area contributed by atoms with Gasteiger partial charge in [0.15, 0.2) is 0 Å². The zero-order chi connectivity index (χ0) is 27.9. The van der Waals surface area contributed by atoms with Gasteiger partial charge in [0.2, 0.25) is 15.9 Å². The van der Waals surface area contributed by atoms with Crippen LogP contribution in [0.15, 0.2) is 90.1 Å². The van der Waals surface area contributed by atoms with Gasteiger partial charge in [-0.25, -0.2) is 18.1 Å². The van der Waals surface area contributed by atoms with Crippen LogP contribution in [0.5, 0.6) is 0 Å². The van der Waals surface area contributed by atoms with Crippen molar-refractivity contribution in [3.05, 3.63) is 113 Å². The van der Waals surface area contributed by atoms with Gasteiger partial charge in [-0.1, -0.05) is 48.0 Å². The molecule has 2 aliphatic rings. The summed E-state index contributed by atoms with van der Waals surface area (Å²) < 4.78 is 31.3. The maximum Gasteiger partial charge on any atom is 0.241 e. The Balaban J connectivity index is 1.31. The molecule has 0 aliphatic heterocycles. The Morgan fingerprint density at radius 3 is 2.60 bits per heavy atom. The number of hydrogen-bond acceptors (Lipinski definition) is 4. The van der Waals surface area contributed by atoms with E-state index in [2.05, 4.69) is 21.8 Å². The summed E-state index contributed by atoms with van der Waals surface area (Å²) in [4.78, 5) is 20.5. The van der Waals surface area contributed by atoms with Gasteiger partial charge in [-0.05, 0) is 84.7 Å².